The van der Waals surface area contributed by atoms with Gasteiger partial charge in [-0.25, -0.2) is 4.39 Å². The molecule has 0 saturated carbocycles. The van der Waals surface area contributed by atoms with Crippen molar-refractivity contribution in [3.8, 4) is 5.75 Å². The lowest BCUT2D eigenvalue weighted by Gasteiger charge is -2.31. The largest absolute Gasteiger partial charge is 0.494 e. The molecule has 0 radical (unpaired) electrons. The number of hydrogen-bond donors (Lipinski definition) is 1. The Kier molecular flexibility index (Phi) is 5.19. The molecule has 1 aliphatic heterocycles. The van der Waals surface area contributed by atoms with E-state index in [9.17, 15) is 4.39 Å². The van der Waals surface area contributed by atoms with Crippen molar-refractivity contribution in [2.24, 2.45) is 5.41 Å². The summed E-state index contributed by atoms with van der Waals surface area (Å²) >= 11 is 1.82. The highest BCUT2D eigenvalue weighted by molar-refractivity contribution is 7.99. The minimum Gasteiger partial charge on any atom is -0.494 e. The maximum Gasteiger partial charge on any atom is 0.167 e. The van der Waals surface area contributed by atoms with Crippen LogP contribution in [0.15, 0.2) is 17.0 Å². The molecule has 1 N–H and O–H groups in total. The molecule has 1 aromatic rings. The lowest BCUT2D eigenvalue weighted by molar-refractivity contribution is 0.305. The van der Waals surface area contributed by atoms with Crippen LogP contribution in [0, 0.1) is 11.2 Å². The van der Waals surface area contributed by atoms with E-state index >= 15 is 0 Å². The second-order valence-corrected chi connectivity index (χ2v) is 6.60. The zero-order valence-electron chi connectivity index (χ0n) is 12.6. The average molecular weight is 297 g/mol. The Balaban J connectivity index is 2.21. The van der Waals surface area contributed by atoms with E-state index in [0.29, 0.717) is 11.2 Å². The van der Waals surface area contributed by atoms with E-state index in [1.165, 1.54) is 26.4 Å². The van der Waals surface area contributed by atoms with Crippen LogP contribution in [0.1, 0.15) is 39.5 Å². The molecule has 0 saturated heterocycles. The molecule has 4 heteroatoms. The van der Waals surface area contributed by atoms with Gasteiger partial charge in [0.15, 0.2) is 11.6 Å². The van der Waals surface area contributed by atoms with Crippen molar-refractivity contribution in [2.45, 2.75) is 44.4 Å². The Morgan fingerprint density at radius 2 is 2.20 bits per heavy atom. The van der Waals surface area contributed by atoms with Crippen molar-refractivity contribution in [3.63, 3.8) is 0 Å². The number of methoxy groups -OCH3 is 1. The topological polar surface area (TPSA) is 21.3 Å². The van der Waals surface area contributed by atoms with E-state index in [1.807, 2.05) is 17.8 Å². The number of halogens is 1. The first-order chi connectivity index (χ1) is 9.64. The van der Waals surface area contributed by atoms with Crippen LogP contribution in [0.2, 0.25) is 0 Å². The van der Waals surface area contributed by atoms with Crippen LogP contribution in [-0.4, -0.2) is 19.4 Å². The highest BCUT2D eigenvalue weighted by atomic mass is 32.2. The maximum absolute atomic E-state index is 13.8. The highest BCUT2D eigenvalue weighted by Crippen LogP contribution is 2.43. The third kappa shape index (κ3) is 3.22. The highest BCUT2D eigenvalue weighted by Gasteiger charge is 2.31. The molecular formula is C16H24FNOS. The molecule has 1 aromatic carbocycles. The van der Waals surface area contributed by atoms with Gasteiger partial charge >= 0.3 is 0 Å². The van der Waals surface area contributed by atoms with Gasteiger partial charge in [0.2, 0.25) is 0 Å². The number of unbranched alkanes of at least 4 members (excludes halogenated alkanes) is 1. The molecule has 0 bridgehead atoms. The van der Waals surface area contributed by atoms with Crippen LogP contribution in [0.4, 0.5) is 10.1 Å². The first-order valence-corrected chi connectivity index (χ1v) is 8.37. The fraction of sp³-hybridized carbons (Fsp3) is 0.625. The Morgan fingerprint density at radius 1 is 1.40 bits per heavy atom. The summed E-state index contributed by atoms with van der Waals surface area (Å²) in [5, 5.41) is 3.45. The Bertz CT molecular complexity index is 466. The Morgan fingerprint density at radius 3 is 2.85 bits per heavy atom. The van der Waals surface area contributed by atoms with Gasteiger partial charge in [-0.15, -0.1) is 11.8 Å². The normalized spacial score (nSPS) is 21.8. The van der Waals surface area contributed by atoms with E-state index in [2.05, 4.69) is 19.2 Å². The second kappa shape index (κ2) is 6.70. The predicted molar refractivity (Wildman–Crippen MR) is 84.4 cm³/mol. The van der Waals surface area contributed by atoms with Crippen molar-refractivity contribution in [1.82, 2.24) is 0 Å². The number of ether oxygens (including phenoxy) is 1. The predicted octanol–water partition coefficient (Wildman–Crippen LogP) is 4.94. The van der Waals surface area contributed by atoms with Gasteiger partial charge in [-0.05, 0) is 24.3 Å². The first kappa shape index (κ1) is 15.5. The number of benzene rings is 1. The summed E-state index contributed by atoms with van der Waals surface area (Å²) in [6, 6.07) is 3.38. The second-order valence-electron chi connectivity index (χ2n) is 5.58. The molecule has 2 nitrogen and oxygen atoms in total. The molecule has 1 unspecified atom stereocenters. The van der Waals surface area contributed by atoms with Crippen LogP contribution < -0.4 is 10.1 Å². The number of anilines is 1. The summed E-state index contributed by atoms with van der Waals surface area (Å²) in [6.07, 6.45) is 4.86. The summed E-state index contributed by atoms with van der Waals surface area (Å²) in [4.78, 5) is 1.09. The van der Waals surface area contributed by atoms with Crippen molar-refractivity contribution in [2.75, 3.05) is 24.7 Å². The van der Waals surface area contributed by atoms with Crippen LogP contribution in [-0.2, 0) is 0 Å². The first-order valence-electron chi connectivity index (χ1n) is 7.38. The molecule has 0 amide bonds. The standard InChI is InChI=1S/C16H24FNOS/c1-4-6-7-16(5-2)10-18-13-8-12(17)14(19-3)9-15(13)20-11-16/h8-9,18H,4-7,10-11H2,1-3H3. The Hall–Kier alpha value is -0.900. The molecule has 1 atom stereocenters. The van der Waals surface area contributed by atoms with Crippen LogP contribution in [0.3, 0.4) is 0 Å². The number of thioether (sulfide) groups is 1. The van der Waals surface area contributed by atoms with E-state index < -0.39 is 0 Å². The maximum atomic E-state index is 13.8. The molecule has 2 rings (SSSR count). The SMILES string of the molecule is CCCCC1(CC)CNc2cc(F)c(OC)cc2SC1. The van der Waals surface area contributed by atoms with E-state index in [1.54, 1.807) is 6.07 Å². The molecule has 0 spiro atoms. The number of fused-ring (bicyclic) bond motifs is 1. The van der Waals surface area contributed by atoms with Crippen molar-refractivity contribution < 1.29 is 9.13 Å². The van der Waals surface area contributed by atoms with Gasteiger partial charge in [0.05, 0.1) is 12.8 Å². The van der Waals surface area contributed by atoms with Crippen LogP contribution >= 0.6 is 11.8 Å². The molecule has 112 valence electrons. The third-order valence-electron chi connectivity index (χ3n) is 4.25. The molecular weight excluding hydrogens is 273 g/mol. The fourth-order valence-corrected chi connectivity index (χ4v) is 4.02. The van der Waals surface area contributed by atoms with Crippen molar-refractivity contribution >= 4 is 17.4 Å². The molecule has 0 aliphatic carbocycles. The zero-order valence-corrected chi connectivity index (χ0v) is 13.4. The van der Waals surface area contributed by atoms with Gasteiger partial charge in [-0.1, -0.05) is 26.7 Å². The lowest BCUT2D eigenvalue weighted by Crippen LogP contribution is -2.30. The van der Waals surface area contributed by atoms with E-state index in [-0.39, 0.29) is 5.82 Å². The minimum absolute atomic E-state index is 0.295. The molecule has 0 aromatic heterocycles. The zero-order chi connectivity index (χ0) is 14.6. The summed E-state index contributed by atoms with van der Waals surface area (Å²) in [5.41, 5.74) is 1.21. The average Bonchev–Trinajstić information content (AvgIpc) is 2.64. The number of nitrogens with one attached hydrogen (secondary N) is 1. The smallest absolute Gasteiger partial charge is 0.167 e. The van der Waals surface area contributed by atoms with Gasteiger partial charge in [0.25, 0.3) is 0 Å². The van der Waals surface area contributed by atoms with Gasteiger partial charge in [0, 0.05) is 23.3 Å². The van der Waals surface area contributed by atoms with Gasteiger partial charge in [0.1, 0.15) is 0 Å². The summed E-state index contributed by atoms with van der Waals surface area (Å²) in [6.45, 7) is 5.42. The summed E-state index contributed by atoms with van der Waals surface area (Å²) < 4.78 is 18.9. The number of hydrogen-bond acceptors (Lipinski definition) is 3. The fourth-order valence-electron chi connectivity index (χ4n) is 2.63. The van der Waals surface area contributed by atoms with Gasteiger partial charge < -0.3 is 10.1 Å². The number of rotatable bonds is 5. The summed E-state index contributed by atoms with van der Waals surface area (Å²) in [7, 11) is 1.51. The van der Waals surface area contributed by atoms with E-state index in [4.69, 9.17) is 4.74 Å². The quantitative estimate of drug-likeness (QED) is 0.832. The molecule has 1 heterocycles. The molecule has 0 fully saturated rings. The van der Waals surface area contributed by atoms with Gasteiger partial charge in [-0.2, -0.15) is 0 Å². The van der Waals surface area contributed by atoms with Crippen LogP contribution in [0.25, 0.3) is 0 Å². The third-order valence-corrected chi connectivity index (χ3v) is 5.66. The lowest BCUT2D eigenvalue weighted by atomic mass is 9.82. The van der Waals surface area contributed by atoms with Crippen LogP contribution in [0.5, 0.6) is 5.75 Å². The van der Waals surface area contributed by atoms with Crippen molar-refractivity contribution in [1.29, 1.82) is 0 Å². The minimum atomic E-state index is -0.295. The molecule has 1 aliphatic rings. The van der Waals surface area contributed by atoms with Gasteiger partial charge in [-0.3, -0.25) is 0 Å². The Labute approximate surface area is 125 Å². The molecule has 20 heavy (non-hydrogen) atoms. The van der Waals surface area contributed by atoms with E-state index in [0.717, 1.165) is 29.3 Å². The monoisotopic (exact) mass is 297 g/mol. The summed E-state index contributed by atoms with van der Waals surface area (Å²) in [5.74, 6) is 1.12. The van der Waals surface area contributed by atoms with Crippen molar-refractivity contribution in [3.05, 3.63) is 17.9 Å².